The van der Waals surface area contributed by atoms with E-state index in [1.807, 2.05) is 38.1 Å². The number of imidazole rings is 1. The van der Waals surface area contributed by atoms with Crippen LogP contribution in [0.3, 0.4) is 0 Å². The van der Waals surface area contributed by atoms with Crippen molar-refractivity contribution < 1.29 is 14.3 Å². The van der Waals surface area contributed by atoms with Gasteiger partial charge in [0, 0.05) is 19.5 Å². The average molecular weight is 542 g/mol. The van der Waals surface area contributed by atoms with Gasteiger partial charge in [-0.25, -0.2) is 4.98 Å². The van der Waals surface area contributed by atoms with Crippen molar-refractivity contribution in [1.29, 1.82) is 0 Å². The molecule has 0 spiro atoms. The Balaban J connectivity index is 1.22. The van der Waals surface area contributed by atoms with Crippen LogP contribution in [0, 0.1) is 13.8 Å². The van der Waals surface area contributed by atoms with E-state index in [0.717, 1.165) is 78.1 Å². The first-order valence-corrected chi connectivity index (χ1v) is 14.6. The number of fused-ring (bicyclic) bond motifs is 1. The van der Waals surface area contributed by atoms with Crippen LogP contribution in [0.1, 0.15) is 68.0 Å². The van der Waals surface area contributed by atoms with Gasteiger partial charge in [-0.15, -0.1) is 0 Å². The summed E-state index contributed by atoms with van der Waals surface area (Å²) in [6, 6.07) is 22.8. The van der Waals surface area contributed by atoms with Crippen LogP contribution in [0.2, 0.25) is 0 Å². The minimum absolute atomic E-state index is 0.0207. The number of aryl methyl sites for hydroxylation is 4. The van der Waals surface area contributed by atoms with Crippen LogP contribution in [0.5, 0.6) is 11.5 Å². The van der Waals surface area contributed by atoms with Gasteiger partial charge in [0.1, 0.15) is 17.3 Å². The highest BCUT2D eigenvalue weighted by atomic mass is 16.5. The van der Waals surface area contributed by atoms with Gasteiger partial charge in [-0.2, -0.15) is 0 Å². The van der Waals surface area contributed by atoms with E-state index in [9.17, 15) is 4.79 Å². The second-order valence-electron chi connectivity index (χ2n) is 10.6. The van der Waals surface area contributed by atoms with Gasteiger partial charge < -0.3 is 19.4 Å². The second kappa shape index (κ2) is 14.5. The summed E-state index contributed by atoms with van der Waals surface area (Å²) in [7, 11) is 0. The van der Waals surface area contributed by atoms with Gasteiger partial charge in [0.15, 0.2) is 6.61 Å². The summed E-state index contributed by atoms with van der Waals surface area (Å²) in [5.41, 5.74) is 5.67. The number of hydrogen-bond acceptors (Lipinski definition) is 4. The van der Waals surface area contributed by atoms with Crippen LogP contribution in [0.15, 0.2) is 66.7 Å². The number of para-hydroxylation sites is 2. The molecular weight excluding hydrogens is 498 g/mol. The molecule has 0 fully saturated rings. The minimum atomic E-state index is -0.107. The zero-order valence-electron chi connectivity index (χ0n) is 24.4. The van der Waals surface area contributed by atoms with Crippen molar-refractivity contribution >= 4 is 16.9 Å². The SMILES string of the molecule is CCC(C)c1ccc(OCCCCn2c(CCCNC(=O)COc3cc(C)ccc3C)nc3ccccc32)cc1. The number of carbonyl (C=O) groups is 1. The van der Waals surface area contributed by atoms with Crippen LogP contribution in [-0.4, -0.2) is 35.2 Å². The van der Waals surface area contributed by atoms with Crippen molar-refractivity contribution in [2.24, 2.45) is 0 Å². The number of nitrogens with one attached hydrogen (secondary N) is 1. The third-order valence-electron chi connectivity index (χ3n) is 7.44. The fraction of sp³-hybridized carbons (Fsp3) is 0.412. The Morgan fingerprint density at radius 2 is 1.77 bits per heavy atom. The largest absolute Gasteiger partial charge is 0.494 e. The van der Waals surface area contributed by atoms with Crippen molar-refractivity contribution in [3.63, 3.8) is 0 Å². The quantitative estimate of drug-likeness (QED) is 0.162. The zero-order valence-corrected chi connectivity index (χ0v) is 24.4. The topological polar surface area (TPSA) is 65.4 Å². The lowest BCUT2D eigenvalue weighted by atomic mass is 9.99. The molecule has 1 aromatic heterocycles. The molecule has 4 aromatic rings. The highest BCUT2D eigenvalue weighted by molar-refractivity contribution is 5.77. The van der Waals surface area contributed by atoms with E-state index in [-0.39, 0.29) is 12.5 Å². The highest BCUT2D eigenvalue weighted by Gasteiger charge is 2.11. The van der Waals surface area contributed by atoms with E-state index in [1.165, 1.54) is 5.56 Å². The first kappa shape index (κ1) is 29.2. The number of carbonyl (C=O) groups excluding carboxylic acids is 1. The van der Waals surface area contributed by atoms with Crippen LogP contribution in [0.25, 0.3) is 11.0 Å². The molecule has 0 aliphatic rings. The molecule has 3 aromatic carbocycles. The van der Waals surface area contributed by atoms with E-state index in [1.54, 1.807) is 0 Å². The molecule has 4 rings (SSSR count). The molecule has 1 N–H and O–H groups in total. The van der Waals surface area contributed by atoms with Gasteiger partial charge in [0.2, 0.25) is 0 Å². The number of unbranched alkanes of at least 4 members (excludes halogenated alkanes) is 1. The van der Waals surface area contributed by atoms with Crippen molar-refractivity contribution in [3.05, 3.63) is 89.2 Å². The van der Waals surface area contributed by atoms with Gasteiger partial charge in [-0.05, 0) is 92.5 Å². The maximum Gasteiger partial charge on any atom is 0.257 e. The number of benzene rings is 3. The molecule has 6 nitrogen and oxygen atoms in total. The van der Waals surface area contributed by atoms with E-state index in [0.29, 0.717) is 19.1 Å². The Morgan fingerprint density at radius 1 is 0.975 bits per heavy atom. The monoisotopic (exact) mass is 541 g/mol. The van der Waals surface area contributed by atoms with E-state index in [4.69, 9.17) is 14.5 Å². The number of ether oxygens (including phenoxy) is 2. The van der Waals surface area contributed by atoms with Crippen molar-refractivity contribution in [2.45, 2.75) is 72.3 Å². The molecule has 1 atom stereocenters. The highest BCUT2D eigenvalue weighted by Crippen LogP contribution is 2.22. The Kier molecular flexibility index (Phi) is 10.6. The molecule has 0 bridgehead atoms. The first-order chi connectivity index (χ1) is 19.4. The van der Waals surface area contributed by atoms with Gasteiger partial charge in [0.05, 0.1) is 17.6 Å². The van der Waals surface area contributed by atoms with Gasteiger partial charge >= 0.3 is 0 Å². The molecule has 0 saturated carbocycles. The fourth-order valence-electron chi connectivity index (χ4n) is 4.79. The first-order valence-electron chi connectivity index (χ1n) is 14.6. The molecule has 0 radical (unpaired) electrons. The molecule has 6 heteroatoms. The second-order valence-corrected chi connectivity index (χ2v) is 10.6. The lowest BCUT2D eigenvalue weighted by molar-refractivity contribution is -0.123. The molecule has 0 saturated heterocycles. The molecule has 1 unspecified atom stereocenters. The molecule has 0 aliphatic heterocycles. The lowest BCUT2D eigenvalue weighted by Gasteiger charge is -2.12. The Morgan fingerprint density at radius 3 is 2.58 bits per heavy atom. The van der Waals surface area contributed by atoms with Crippen LogP contribution in [0.4, 0.5) is 0 Å². The molecule has 1 heterocycles. The number of nitrogens with zero attached hydrogens (tertiary/aromatic N) is 2. The summed E-state index contributed by atoms with van der Waals surface area (Å²) < 4.78 is 14.0. The number of hydrogen-bond donors (Lipinski definition) is 1. The van der Waals surface area contributed by atoms with Gasteiger partial charge in [0.25, 0.3) is 5.91 Å². The fourth-order valence-corrected chi connectivity index (χ4v) is 4.79. The van der Waals surface area contributed by atoms with Gasteiger partial charge in [-0.1, -0.05) is 50.2 Å². The Bertz CT molecular complexity index is 1380. The average Bonchev–Trinajstić information content (AvgIpc) is 3.32. The van der Waals surface area contributed by atoms with Crippen LogP contribution in [-0.2, 0) is 17.8 Å². The minimum Gasteiger partial charge on any atom is -0.494 e. The third kappa shape index (κ3) is 8.10. The number of aromatic nitrogens is 2. The standard InChI is InChI=1S/C34H43N3O3/c1-5-26(3)28-16-18-29(19-17-28)39-22-9-8-21-37-31-12-7-6-11-30(31)36-33(37)13-10-20-35-34(38)24-40-32-23-25(2)14-15-27(32)4/h6-7,11-12,14-19,23,26H,5,8-10,13,20-22,24H2,1-4H3,(H,35,38). The predicted molar refractivity (Wildman–Crippen MR) is 162 cm³/mol. The zero-order chi connectivity index (χ0) is 28.3. The normalized spacial score (nSPS) is 11.9. The number of rotatable bonds is 15. The summed E-state index contributed by atoms with van der Waals surface area (Å²) >= 11 is 0. The third-order valence-corrected chi connectivity index (χ3v) is 7.44. The summed E-state index contributed by atoms with van der Waals surface area (Å²) in [6.07, 6.45) is 4.73. The smallest absolute Gasteiger partial charge is 0.257 e. The van der Waals surface area contributed by atoms with Crippen molar-refractivity contribution in [1.82, 2.24) is 14.9 Å². The summed E-state index contributed by atoms with van der Waals surface area (Å²) in [5, 5.41) is 2.98. The molecular formula is C34H43N3O3. The van der Waals surface area contributed by atoms with Crippen molar-refractivity contribution in [3.8, 4) is 11.5 Å². The van der Waals surface area contributed by atoms with E-state index in [2.05, 4.69) is 66.2 Å². The Labute approximate surface area is 238 Å². The summed E-state index contributed by atoms with van der Waals surface area (Å²) in [5.74, 6) is 3.22. The molecule has 0 aliphatic carbocycles. The van der Waals surface area contributed by atoms with E-state index >= 15 is 0 Å². The predicted octanol–water partition coefficient (Wildman–Crippen LogP) is 7.15. The van der Waals surface area contributed by atoms with Gasteiger partial charge in [-0.3, -0.25) is 4.79 Å². The van der Waals surface area contributed by atoms with E-state index < -0.39 is 0 Å². The number of amides is 1. The van der Waals surface area contributed by atoms with Crippen molar-refractivity contribution in [2.75, 3.05) is 19.8 Å². The van der Waals surface area contributed by atoms with Crippen LogP contribution >= 0.6 is 0 Å². The molecule has 40 heavy (non-hydrogen) atoms. The molecule has 212 valence electrons. The molecule has 1 amide bonds. The maximum absolute atomic E-state index is 12.3. The summed E-state index contributed by atoms with van der Waals surface area (Å²) in [6.45, 7) is 10.7. The maximum atomic E-state index is 12.3. The Hall–Kier alpha value is -3.80. The van der Waals surface area contributed by atoms with Crippen LogP contribution < -0.4 is 14.8 Å². The lowest BCUT2D eigenvalue weighted by Crippen LogP contribution is -2.30. The summed E-state index contributed by atoms with van der Waals surface area (Å²) in [4.78, 5) is 17.2.